The van der Waals surface area contributed by atoms with Crippen LogP contribution in [0.25, 0.3) is 0 Å². The molecule has 0 bridgehead atoms. The zero-order valence-corrected chi connectivity index (χ0v) is 9.66. The average Bonchev–Trinajstić information content (AvgIpc) is 2.03. The fraction of sp³-hybridized carbons (Fsp3) is 0.833. The van der Waals surface area contributed by atoms with E-state index in [0.717, 1.165) is 12.8 Å². The molecule has 2 heteroatoms. The molecule has 2 N–H and O–H groups in total. The molecular weight excluding hydrogens is 176 g/mol. The van der Waals surface area contributed by atoms with Crippen molar-refractivity contribution in [1.82, 2.24) is 0 Å². The number of unbranched alkanes of at least 4 members (excludes halogenated alkanes) is 2. The van der Waals surface area contributed by atoms with Gasteiger partial charge in [0.25, 0.3) is 0 Å². The van der Waals surface area contributed by atoms with Gasteiger partial charge in [0.2, 0.25) is 0 Å². The lowest BCUT2D eigenvalue weighted by Gasteiger charge is -2.21. The molecule has 0 saturated carbocycles. The van der Waals surface area contributed by atoms with Crippen molar-refractivity contribution in [3.63, 3.8) is 0 Å². The van der Waals surface area contributed by atoms with Gasteiger partial charge in [-0.1, -0.05) is 38.3 Å². The van der Waals surface area contributed by atoms with E-state index >= 15 is 0 Å². The highest BCUT2D eigenvalue weighted by molar-refractivity contribution is 4.92. The van der Waals surface area contributed by atoms with Crippen LogP contribution < -0.4 is 0 Å². The summed E-state index contributed by atoms with van der Waals surface area (Å²) in [6.45, 7) is 5.72. The maximum Gasteiger partial charge on any atom is 0.0692 e. The second-order valence-corrected chi connectivity index (χ2v) is 4.33. The molecule has 0 spiro atoms. The van der Waals surface area contributed by atoms with E-state index in [0.29, 0.717) is 6.42 Å². The third-order valence-electron chi connectivity index (χ3n) is 2.29. The molecule has 0 aliphatic rings. The van der Waals surface area contributed by atoms with Gasteiger partial charge in [-0.3, -0.25) is 0 Å². The molecule has 0 aliphatic heterocycles. The molecule has 0 saturated heterocycles. The Bertz CT molecular complexity index is 160. The van der Waals surface area contributed by atoms with Gasteiger partial charge >= 0.3 is 0 Å². The first-order chi connectivity index (χ1) is 6.48. The summed E-state index contributed by atoms with van der Waals surface area (Å²) < 4.78 is 0. The van der Waals surface area contributed by atoms with Crippen LogP contribution in [0, 0.1) is 0 Å². The van der Waals surface area contributed by atoms with Crippen molar-refractivity contribution in [3.8, 4) is 0 Å². The van der Waals surface area contributed by atoms with Gasteiger partial charge in [-0.2, -0.15) is 0 Å². The quantitative estimate of drug-likeness (QED) is 0.490. The summed E-state index contributed by atoms with van der Waals surface area (Å²) in [6.07, 6.45) is 8.06. The summed E-state index contributed by atoms with van der Waals surface area (Å²) >= 11 is 0. The van der Waals surface area contributed by atoms with E-state index in [1.165, 1.54) is 12.8 Å². The molecule has 0 unspecified atom stereocenters. The van der Waals surface area contributed by atoms with E-state index < -0.39 is 11.7 Å². The first-order valence-corrected chi connectivity index (χ1v) is 5.55. The third kappa shape index (κ3) is 8.27. The number of aliphatic hydroxyl groups is 2. The number of hydrogen-bond donors (Lipinski definition) is 2. The predicted octanol–water partition coefficient (Wildman–Crippen LogP) is 2.64. The molecule has 0 aromatic heterocycles. The average molecular weight is 200 g/mol. The van der Waals surface area contributed by atoms with Crippen molar-refractivity contribution in [1.29, 1.82) is 0 Å². The highest BCUT2D eigenvalue weighted by Gasteiger charge is 2.17. The first kappa shape index (κ1) is 13.7. The molecule has 0 aromatic carbocycles. The maximum absolute atomic E-state index is 9.92. The number of rotatable bonds is 7. The van der Waals surface area contributed by atoms with Gasteiger partial charge in [0.05, 0.1) is 11.7 Å². The highest BCUT2D eigenvalue weighted by Crippen LogP contribution is 2.18. The zero-order chi connectivity index (χ0) is 11.0. The van der Waals surface area contributed by atoms with Gasteiger partial charge in [0, 0.05) is 0 Å². The standard InChI is InChI=1S/C12H24O2/c1-4-5-6-9-12(3,14)10-7-8-11(2)13/h7-8,11,13-14H,4-6,9-10H2,1-3H3/b8-7+/t11-,12+/m0/s1. The molecule has 0 aliphatic carbocycles. The van der Waals surface area contributed by atoms with Crippen LogP contribution in [-0.2, 0) is 0 Å². The Morgan fingerprint density at radius 3 is 2.50 bits per heavy atom. The Morgan fingerprint density at radius 2 is 2.00 bits per heavy atom. The van der Waals surface area contributed by atoms with Crippen LogP contribution in [0.5, 0.6) is 0 Å². The lowest BCUT2D eigenvalue weighted by molar-refractivity contribution is 0.0511. The monoisotopic (exact) mass is 200 g/mol. The van der Waals surface area contributed by atoms with E-state index in [1.807, 2.05) is 13.0 Å². The van der Waals surface area contributed by atoms with Gasteiger partial charge in [-0.05, 0) is 26.7 Å². The normalized spacial score (nSPS) is 18.4. The fourth-order valence-corrected chi connectivity index (χ4v) is 1.38. The number of aliphatic hydroxyl groups excluding tert-OH is 1. The second kappa shape index (κ2) is 7.02. The Labute approximate surface area is 87.7 Å². The molecule has 0 heterocycles. The SMILES string of the molecule is CCCCC[C@@](C)(O)C/C=C/[C@H](C)O. The van der Waals surface area contributed by atoms with E-state index in [2.05, 4.69) is 6.92 Å². The van der Waals surface area contributed by atoms with Crippen molar-refractivity contribution >= 4 is 0 Å². The first-order valence-electron chi connectivity index (χ1n) is 5.55. The largest absolute Gasteiger partial charge is 0.390 e. The van der Waals surface area contributed by atoms with Gasteiger partial charge in [-0.25, -0.2) is 0 Å². The van der Waals surface area contributed by atoms with Gasteiger partial charge < -0.3 is 10.2 Å². The van der Waals surface area contributed by atoms with Crippen LogP contribution in [0.1, 0.15) is 52.9 Å². The Morgan fingerprint density at radius 1 is 1.36 bits per heavy atom. The van der Waals surface area contributed by atoms with Crippen molar-refractivity contribution in [2.24, 2.45) is 0 Å². The van der Waals surface area contributed by atoms with Crippen LogP contribution in [0.3, 0.4) is 0 Å². The maximum atomic E-state index is 9.92. The Kier molecular flexibility index (Phi) is 6.85. The van der Waals surface area contributed by atoms with Crippen molar-refractivity contribution in [2.45, 2.75) is 64.6 Å². The molecule has 2 nitrogen and oxygen atoms in total. The van der Waals surface area contributed by atoms with E-state index in [4.69, 9.17) is 5.11 Å². The minimum atomic E-state index is -0.611. The van der Waals surface area contributed by atoms with Crippen LogP contribution in [0.15, 0.2) is 12.2 Å². The smallest absolute Gasteiger partial charge is 0.0692 e. The second-order valence-electron chi connectivity index (χ2n) is 4.33. The fourth-order valence-electron chi connectivity index (χ4n) is 1.38. The highest BCUT2D eigenvalue weighted by atomic mass is 16.3. The molecule has 0 amide bonds. The molecular formula is C12H24O2. The molecule has 84 valence electrons. The lowest BCUT2D eigenvalue weighted by Crippen LogP contribution is -2.22. The molecule has 0 rings (SSSR count). The van der Waals surface area contributed by atoms with Gasteiger partial charge in [0.1, 0.15) is 0 Å². The summed E-state index contributed by atoms with van der Waals surface area (Å²) in [7, 11) is 0. The summed E-state index contributed by atoms with van der Waals surface area (Å²) in [5.74, 6) is 0. The minimum absolute atomic E-state index is 0.415. The van der Waals surface area contributed by atoms with Crippen molar-refractivity contribution in [2.75, 3.05) is 0 Å². The summed E-state index contributed by atoms with van der Waals surface area (Å²) in [5, 5.41) is 18.9. The van der Waals surface area contributed by atoms with Crippen LogP contribution in [0.4, 0.5) is 0 Å². The lowest BCUT2D eigenvalue weighted by atomic mass is 9.94. The molecule has 0 fully saturated rings. The van der Waals surface area contributed by atoms with Crippen molar-refractivity contribution in [3.05, 3.63) is 12.2 Å². The Hall–Kier alpha value is -0.340. The zero-order valence-electron chi connectivity index (χ0n) is 9.66. The topological polar surface area (TPSA) is 40.5 Å². The van der Waals surface area contributed by atoms with Gasteiger partial charge in [-0.15, -0.1) is 0 Å². The van der Waals surface area contributed by atoms with E-state index in [-0.39, 0.29) is 0 Å². The number of hydrogen-bond acceptors (Lipinski definition) is 2. The Balaban J connectivity index is 3.71. The van der Waals surface area contributed by atoms with Crippen LogP contribution in [-0.4, -0.2) is 21.9 Å². The summed E-state index contributed by atoms with van der Waals surface area (Å²) in [6, 6.07) is 0. The molecule has 0 radical (unpaired) electrons. The predicted molar refractivity (Wildman–Crippen MR) is 60.2 cm³/mol. The summed E-state index contributed by atoms with van der Waals surface area (Å²) in [5.41, 5.74) is -0.611. The third-order valence-corrected chi connectivity index (χ3v) is 2.29. The minimum Gasteiger partial charge on any atom is -0.390 e. The molecule has 0 aromatic rings. The van der Waals surface area contributed by atoms with E-state index in [1.54, 1.807) is 13.0 Å². The van der Waals surface area contributed by atoms with Crippen LogP contribution in [0.2, 0.25) is 0 Å². The molecule has 14 heavy (non-hydrogen) atoms. The summed E-state index contributed by atoms with van der Waals surface area (Å²) in [4.78, 5) is 0. The van der Waals surface area contributed by atoms with E-state index in [9.17, 15) is 5.11 Å². The molecule has 2 atom stereocenters. The van der Waals surface area contributed by atoms with Crippen LogP contribution >= 0.6 is 0 Å². The van der Waals surface area contributed by atoms with Crippen molar-refractivity contribution < 1.29 is 10.2 Å². The van der Waals surface area contributed by atoms with Gasteiger partial charge in [0.15, 0.2) is 0 Å².